The molecule has 0 atom stereocenters. The van der Waals surface area contributed by atoms with E-state index in [4.69, 9.17) is 5.26 Å². The molecular formula is C7H3FINS. The number of thiol groups is 1. The van der Waals surface area contributed by atoms with Crippen LogP contribution in [0.3, 0.4) is 0 Å². The smallest absolute Gasteiger partial charge is 0.138 e. The zero-order chi connectivity index (χ0) is 8.43. The number of nitriles is 1. The molecule has 0 aromatic heterocycles. The van der Waals surface area contributed by atoms with E-state index in [1.54, 1.807) is 6.07 Å². The van der Waals surface area contributed by atoms with Crippen LogP contribution in [0.4, 0.5) is 4.39 Å². The molecule has 0 bridgehead atoms. The average Bonchev–Trinajstić information content (AvgIpc) is 1.96. The van der Waals surface area contributed by atoms with Gasteiger partial charge in [0.15, 0.2) is 0 Å². The summed E-state index contributed by atoms with van der Waals surface area (Å²) in [7, 11) is 0. The molecule has 0 saturated carbocycles. The van der Waals surface area contributed by atoms with E-state index >= 15 is 0 Å². The first-order valence-corrected chi connectivity index (χ1v) is 4.26. The fourth-order valence-corrected chi connectivity index (χ4v) is 1.42. The summed E-state index contributed by atoms with van der Waals surface area (Å²) in [4.78, 5) is 0.118. The monoisotopic (exact) mass is 279 g/mol. The van der Waals surface area contributed by atoms with Crippen LogP contribution in [0.5, 0.6) is 0 Å². The van der Waals surface area contributed by atoms with Crippen LogP contribution in [0.15, 0.2) is 17.0 Å². The van der Waals surface area contributed by atoms with Crippen molar-refractivity contribution in [1.82, 2.24) is 0 Å². The maximum Gasteiger partial charge on any atom is 0.138 e. The molecule has 0 saturated heterocycles. The molecule has 0 unspecified atom stereocenters. The molecule has 0 heterocycles. The maximum atomic E-state index is 12.8. The third-order valence-electron chi connectivity index (χ3n) is 1.15. The van der Waals surface area contributed by atoms with Gasteiger partial charge in [0.25, 0.3) is 0 Å². The van der Waals surface area contributed by atoms with Gasteiger partial charge < -0.3 is 0 Å². The van der Waals surface area contributed by atoms with Gasteiger partial charge >= 0.3 is 0 Å². The fourth-order valence-electron chi connectivity index (χ4n) is 0.651. The van der Waals surface area contributed by atoms with Crippen molar-refractivity contribution >= 4 is 35.2 Å². The first kappa shape index (κ1) is 8.81. The number of benzene rings is 1. The third kappa shape index (κ3) is 1.84. The first-order chi connectivity index (χ1) is 5.15. The molecule has 1 aromatic rings. The SMILES string of the molecule is N#Cc1cc(I)cc(F)c1S. The van der Waals surface area contributed by atoms with Crippen molar-refractivity contribution < 1.29 is 4.39 Å². The molecule has 1 nitrogen and oxygen atoms in total. The number of rotatable bonds is 0. The van der Waals surface area contributed by atoms with Crippen molar-refractivity contribution in [3.05, 3.63) is 27.1 Å². The molecule has 11 heavy (non-hydrogen) atoms. The lowest BCUT2D eigenvalue weighted by atomic mass is 10.2. The van der Waals surface area contributed by atoms with Gasteiger partial charge in [-0.1, -0.05) is 0 Å². The van der Waals surface area contributed by atoms with Crippen LogP contribution in [-0.4, -0.2) is 0 Å². The summed E-state index contributed by atoms with van der Waals surface area (Å²) < 4.78 is 13.5. The molecule has 0 N–H and O–H groups in total. The van der Waals surface area contributed by atoms with Crippen molar-refractivity contribution in [2.75, 3.05) is 0 Å². The Kier molecular flexibility index (Phi) is 2.73. The van der Waals surface area contributed by atoms with E-state index in [0.29, 0.717) is 3.57 Å². The van der Waals surface area contributed by atoms with E-state index in [1.165, 1.54) is 6.07 Å². The highest BCUT2D eigenvalue weighted by Crippen LogP contribution is 2.20. The largest absolute Gasteiger partial charge is 0.206 e. The van der Waals surface area contributed by atoms with E-state index in [2.05, 4.69) is 12.6 Å². The van der Waals surface area contributed by atoms with Gasteiger partial charge in [-0.25, -0.2) is 4.39 Å². The minimum Gasteiger partial charge on any atom is -0.206 e. The average molecular weight is 279 g/mol. The van der Waals surface area contributed by atoms with Crippen molar-refractivity contribution in [3.8, 4) is 6.07 Å². The van der Waals surface area contributed by atoms with Crippen LogP contribution in [0.1, 0.15) is 5.56 Å². The molecule has 0 spiro atoms. The topological polar surface area (TPSA) is 23.8 Å². The van der Waals surface area contributed by atoms with E-state index in [9.17, 15) is 4.39 Å². The lowest BCUT2D eigenvalue weighted by Gasteiger charge is -1.97. The van der Waals surface area contributed by atoms with Gasteiger partial charge in [0.2, 0.25) is 0 Å². The van der Waals surface area contributed by atoms with Crippen LogP contribution in [0, 0.1) is 20.7 Å². The van der Waals surface area contributed by atoms with Gasteiger partial charge in [-0.3, -0.25) is 0 Å². The minimum absolute atomic E-state index is 0.118. The number of hydrogen-bond donors (Lipinski definition) is 1. The normalized spacial score (nSPS) is 9.27. The summed E-state index contributed by atoms with van der Waals surface area (Å²) in [6.07, 6.45) is 0. The minimum atomic E-state index is -0.447. The molecule has 0 aliphatic rings. The van der Waals surface area contributed by atoms with Gasteiger partial charge in [-0.15, -0.1) is 12.6 Å². The third-order valence-corrected chi connectivity index (χ3v) is 2.23. The summed E-state index contributed by atoms with van der Waals surface area (Å²) in [6, 6.07) is 4.78. The van der Waals surface area contributed by atoms with Gasteiger partial charge in [0.05, 0.1) is 10.5 Å². The summed E-state index contributed by atoms with van der Waals surface area (Å²) in [5.74, 6) is -0.447. The molecular weight excluding hydrogens is 276 g/mol. The molecule has 56 valence electrons. The highest BCUT2D eigenvalue weighted by molar-refractivity contribution is 14.1. The summed E-state index contributed by atoms with van der Waals surface area (Å²) in [6.45, 7) is 0. The maximum absolute atomic E-state index is 12.8. The Morgan fingerprint density at radius 1 is 1.55 bits per heavy atom. The molecule has 1 aromatic carbocycles. The first-order valence-electron chi connectivity index (χ1n) is 2.73. The van der Waals surface area contributed by atoms with Crippen LogP contribution < -0.4 is 0 Å². The summed E-state index contributed by atoms with van der Waals surface area (Å²) >= 11 is 5.78. The Morgan fingerprint density at radius 3 is 2.73 bits per heavy atom. The quantitative estimate of drug-likeness (QED) is 0.572. The molecule has 1 rings (SSSR count). The summed E-state index contributed by atoms with van der Waals surface area (Å²) in [5.41, 5.74) is 0.276. The molecule has 0 fully saturated rings. The van der Waals surface area contributed by atoms with Crippen molar-refractivity contribution in [2.24, 2.45) is 0 Å². The Hall–Kier alpha value is -0.280. The zero-order valence-electron chi connectivity index (χ0n) is 5.31. The van der Waals surface area contributed by atoms with Crippen molar-refractivity contribution in [2.45, 2.75) is 4.90 Å². The highest BCUT2D eigenvalue weighted by Gasteiger charge is 2.05. The number of hydrogen-bond acceptors (Lipinski definition) is 2. The van der Waals surface area contributed by atoms with Crippen LogP contribution in [0.25, 0.3) is 0 Å². The number of nitrogens with zero attached hydrogens (tertiary/aromatic N) is 1. The van der Waals surface area contributed by atoms with Gasteiger partial charge in [0.1, 0.15) is 11.9 Å². The van der Waals surface area contributed by atoms with Crippen LogP contribution in [-0.2, 0) is 0 Å². The molecule has 0 amide bonds. The van der Waals surface area contributed by atoms with Gasteiger partial charge in [-0.2, -0.15) is 5.26 Å². The second-order valence-corrected chi connectivity index (χ2v) is 3.59. The molecule has 0 radical (unpaired) electrons. The number of halogens is 2. The zero-order valence-corrected chi connectivity index (χ0v) is 8.36. The van der Waals surface area contributed by atoms with E-state index < -0.39 is 5.82 Å². The second kappa shape index (κ2) is 3.41. The Balaban J connectivity index is 3.39. The van der Waals surface area contributed by atoms with Crippen LogP contribution >= 0.6 is 35.2 Å². The molecule has 4 heteroatoms. The summed E-state index contributed by atoms with van der Waals surface area (Å²) in [5, 5.41) is 8.50. The van der Waals surface area contributed by atoms with E-state index in [-0.39, 0.29) is 10.5 Å². The van der Waals surface area contributed by atoms with Crippen molar-refractivity contribution in [1.29, 1.82) is 5.26 Å². The van der Waals surface area contributed by atoms with Crippen LogP contribution in [0.2, 0.25) is 0 Å². The second-order valence-electron chi connectivity index (χ2n) is 1.90. The van der Waals surface area contributed by atoms with Gasteiger partial charge in [0, 0.05) is 3.57 Å². The van der Waals surface area contributed by atoms with Crippen molar-refractivity contribution in [3.63, 3.8) is 0 Å². The van der Waals surface area contributed by atoms with E-state index in [1.807, 2.05) is 28.7 Å². The Labute approximate surface area is 82.8 Å². The fraction of sp³-hybridized carbons (Fsp3) is 0. The predicted octanol–water partition coefficient (Wildman–Crippen LogP) is 2.59. The Morgan fingerprint density at radius 2 is 2.18 bits per heavy atom. The standard InChI is InChI=1S/C7H3FINS/c8-6-2-5(9)1-4(3-10)7(6)11/h1-2,11H. The van der Waals surface area contributed by atoms with E-state index in [0.717, 1.165) is 0 Å². The lowest BCUT2D eigenvalue weighted by molar-refractivity contribution is 0.600. The molecule has 0 aliphatic carbocycles. The Bertz CT molecular complexity index is 332. The predicted molar refractivity (Wildman–Crippen MR) is 51.1 cm³/mol. The molecule has 0 aliphatic heterocycles. The van der Waals surface area contributed by atoms with Gasteiger partial charge in [-0.05, 0) is 34.7 Å². The highest BCUT2D eigenvalue weighted by atomic mass is 127. The lowest BCUT2D eigenvalue weighted by Crippen LogP contribution is -1.85.